The highest BCUT2D eigenvalue weighted by Gasteiger charge is 2.04. The maximum absolute atomic E-state index is 4.29. The molecule has 16 heavy (non-hydrogen) atoms. The van der Waals surface area contributed by atoms with E-state index in [1.54, 1.807) is 0 Å². The Bertz CT molecular complexity index is 459. The van der Waals surface area contributed by atoms with E-state index in [2.05, 4.69) is 15.5 Å². The van der Waals surface area contributed by atoms with Crippen molar-refractivity contribution in [1.82, 2.24) is 19.6 Å². The number of anilines is 1. The van der Waals surface area contributed by atoms with E-state index in [4.69, 9.17) is 0 Å². The molecule has 0 unspecified atom stereocenters. The van der Waals surface area contributed by atoms with E-state index < -0.39 is 0 Å². The summed E-state index contributed by atoms with van der Waals surface area (Å²) in [5.41, 5.74) is 3.28. The summed E-state index contributed by atoms with van der Waals surface area (Å²) in [6.45, 7) is 2.78. The van der Waals surface area contributed by atoms with Crippen LogP contribution in [0.1, 0.15) is 11.3 Å². The van der Waals surface area contributed by atoms with E-state index in [9.17, 15) is 0 Å². The van der Waals surface area contributed by atoms with E-state index in [1.807, 2.05) is 49.0 Å². The average molecular weight is 242 g/mol. The lowest BCUT2D eigenvalue weighted by Crippen LogP contribution is -2.00. The molecule has 0 spiro atoms. The van der Waals surface area contributed by atoms with Gasteiger partial charge < -0.3 is 5.32 Å². The molecule has 2 rings (SSSR count). The minimum Gasteiger partial charge on any atom is -0.386 e. The van der Waals surface area contributed by atoms with E-state index in [0.717, 1.165) is 17.9 Å². The summed E-state index contributed by atoms with van der Waals surface area (Å²) in [5.74, 6) is 0. The first-order valence-corrected chi connectivity index (χ1v) is 4.88. The molecule has 88 valence electrons. The molecule has 1 N–H and O–H groups in total. The van der Waals surface area contributed by atoms with Crippen molar-refractivity contribution >= 4 is 18.1 Å². The third-order valence-corrected chi connectivity index (χ3v) is 2.37. The van der Waals surface area contributed by atoms with Crippen LogP contribution < -0.4 is 5.32 Å². The fourth-order valence-corrected chi connectivity index (χ4v) is 1.56. The van der Waals surface area contributed by atoms with Crippen LogP contribution in [-0.4, -0.2) is 26.6 Å². The van der Waals surface area contributed by atoms with Gasteiger partial charge in [-0.1, -0.05) is 0 Å². The second-order valence-electron chi connectivity index (χ2n) is 3.59. The molecular formula is C10H16ClN5. The van der Waals surface area contributed by atoms with Crippen LogP contribution in [0.25, 0.3) is 0 Å². The first kappa shape index (κ1) is 12.6. The Morgan fingerprint density at radius 1 is 1.38 bits per heavy atom. The Morgan fingerprint density at radius 3 is 2.62 bits per heavy atom. The van der Waals surface area contributed by atoms with Gasteiger partial charge in [0.25, 0.3) is 0 Å². The number of hydrogen-bond donors (Lipinski definition) is 1. The Kier molecular flexibility index (Phi) is 3.95. The van der Waals surface area contributed by atoms with Gasteiger partial charge in [0, 0.05) is 32.1 Å². The van der Waals surface area contributed by atoms with Gasteiger partial charge in [0.1, 0.15) is 0 Å². The van der Waals surface area contributed by atoms with Crippen LogP contribution in [0.3, 0.4) is 0 Å². The Hall–Kier alpha value is -1.49. The van der Waals surface area contributed by atoms with Crippen molar-refractivity contribution in [3.8, 4) is 0 Å². The fourth-order valence-electron chi connectivity index (χ4n) is 1.56. The summed E-state index contributed by atoms with van der Waals surface area (Å²) in [7, 11) is 3.81. The first-order valence-electron chi connectivity index (χ1n) is 4.88. The summed E-state index contributed by atoms with van der Waals surface area (Å²) in [6, 6.07) is 0. The van der Waals surface area contributed by atoms with E-state index in [1.165, 1.54) is 5.56 Å². The number of rotatable bonds is 3. The van der Waals surface area contributed by atoms with Gasteiger partial charge >= 0.3 is 0 Å². The average Bonchev–Trinajstić information content (AvgIpc) is 2.75. The minimum absolute atomic E-state index is 0. The molecule has 0 amide bonds. The van der Waals surface area contributed by atoms with Crippen molar-refractivity contribution in [2.75, 3.05) is 12.4 Å². The zero-order valence-electron chi connectivity index (χ0n) is 9.64. The first-order chi connectivity index (χ1) is 7.19. The van der Waals surface area contributed by atoms with Crippen molar-refractivity contribution in [3.05, 3.63) is 29.8 Å². The Balaban J connectivity index is 0.00000128. The smallest absolute Gasteiger partial charge is 0.0724 e. The quantitative estimate of drug-likeness (QED) is 0.885. The van der Waals surface area contributed by atoms with Crippen molar-refractivity contribution < 1.29 is 0 Å². The van der Waals surface area contributed by atoms with Gasteiger partial charge in [-0.25, -0.2) is 0 Å². The molecule has 0 fully saturated rings. The van der Waals surface area contributed by atoms with Gasteiger partial charge in [-0.05, 0) is 6.92 Å². The molecule has 5 nitrogen and oxygen atoms in total. The molecule has 0 bridgehead atoms. The molecular weight excluding hydrogens is 226 g/mol. The zero-order chi connectivity index (χ0) is 10.8. The highest BCUT2D eigenvalue weighted by Crippen LogP contribution is 2.09. The van der Waals surface area contributed by atoms with Crippen LogP contribution >= 0.6 is 12.4 Å². The van der Waals surface area contributed by atoms with E-state index in [0.29, 0.717) is 0 Å². The van der Waals surface area contributed by atoms with Crippen molar-refractivity contribution in [1.29, 1.82) is 0 Å². The predicted molar refractivity (Wildman–Crippen MR) is 66.1 cm³/mol. The third kappa shape index (κ3) is 2.55. The van der Waals surface area contributed by atoms with Gasteiger partial charge in [-0.2, -0.15) is 10.2 Å². The van der Waals surface area contributed by atoms with Crippen LogP contribution in [0, 0.1) is 6.92 Å². The molecule has 6 heteroatoms. The zero-order valence-corrected chi connectivity index (χ0v) is 10.5. The van der Waals surface area contributed by atoms with Crippen LogP contribution in [-0.2, 0) is 13.6 Å². The largest absolute Gasteiger partial charge is 0.386 e. The summed E-state index contributed by atoms with van der Waals surface area (Å²) in [4.78, 5) is 0. The molecule has 0 aliphatic heterocycles. The standard InChI is InChI=1S/C10H15N5.ClH/c1-8-9(5-14(3)13-8)6-15-7-10(11-2)4-12-15;/h4-5,7,11H,6H2,1-3H3;1H. The van der Waals surface area contributed by atoms with Crippen LogP contribution in [0.2, 0.25) is 0 Å². The molecule has 0 aliphatic carbocycles. The van der Waals surface area contributed by atoms with Gasteiger partial charge in [-0.15, -0.1) is 12.4 Å². The van der Waals surface area contributed by atoms with Gasteiger partial charge in [0.05, 0.1) is 24.1 Å². The number of aryl methyl sites for hydroxylation is 2. The molecule has 2 aromatic heterocycles. The molecule has 2 aromatic rings. The molecule has 0 aliphatic rings. The van der Waals surface area contributed by atoms with Gasteiger partial charge in [0.2, 0.25) is 0 Å². The van der Waals surface area contributed by atoms with Crippen LogP contribution in [0.15, 0.2) is 18.6 Å². The second-order valence-corrected chi connectivity index (χ2v) is 3.59. The highest BCUT2D eigenvalue weighted by atomic mass is 35.5. The molecule has 0 atom stereocenters. The lowest BCUT2D eigenvalue weighted by atomic mass is 10.3. The monoisotopic (exact) mass is 241 g/mol. The van der Waals surface area contributed by atoms with Crippen LogP contribution in [0.5, 0.6) is 0 Å². The maximum atomic E-state index is 4.29. The van der Waals surface area contributed by atoms with Crippen molar-refractivity contribution in [2.45, 2.75) is 13.5 Å². The number of nitrogens with zero attached hydrogens (tertiary/aromatic N) is 4. The summed E-state index contributed by atoms with van der Waals surface area (Å²) >= 11 is 0. The maximum Gasteiger partial charge on any atom is 0.0724 e. The predicted octanol–water partition coefficient (Wildman–Crippen LogP) is 1.44. The summed E-state index contributed by atoms with van der Waals surface area (Å²) < 4.78 is 3.73. The Labute approximate surface area is 101 Å². The molecule has 0 saturated carbocycles. The third-order valence-electron chi connectivity index (χ3n) is 2.37. The van der Waals surface area contributed by atoms with Crippen LogP contribution in [0.4, 0.5) is 5.69 Å². The summed E-state index contributed by atoms with van der Waals surface area (Å²) in [6.07, 6.45) is 5.81. The minimum atomic E-state index is 0. The number of nitrogens with one attached hydrogen (secondary N) is 1. The van der Waals surface area contributed by atoms with Gasteiger partial charge in [-0.3, -0.25) is 9.36 Å². The lowest BCUT2D eigenvalue weighted by molar-refractivity contribution is 0.683. The fraction of sp³-hybridized carbons (Fsp3) is 0.400. The molecule has 0 aromatic carbocycles. The van der Waals surface area contributed by atoms with Crippen molar-refractivity contribution in [2.24, 2.45) is 7.05 Å². The van der Waals surface area contributed by atoms with Gasteiger partial charge in [0.15, 0.2) is 0 Å². The highest BCUT2D eigenvalue weighted by molar-refractivity contribution is 5.85. The number of hydrogen-bond acceptors (Lipinski definition) is 3. The van der Waals surface area contributed by atoms with E-state index in [-0.39, 0.29) is 12.4 Å². The molecule has 0 saturated heterocycles. The molecule has 0 radical (unpaired) electrons. The topological polar surface area (TPSA) is 47.7 Å². The van der Waals surface area contributed by atoms with Crippen molar-refractivity contribution in [3.63, 3.8) is 0 Å². The number of halogens is 1. The normalized spacial score (nSPS) is 9.94. The SMILES string of the molecule is CNc1cnn(Cc2cn(C)nc2C)c1.Cl. The van der Waals surface area contributed by atoms with E-state index >= 15 is 0 Å². The number of aromatic nitrogens is 4. The lowest BCUT2D eigenvalue weighted by Gasteiger charge is -1.98. The summed E-state index contributed by atoms with van der Waals surface area (Å²) in [5, 5.41) is 11.6. The Morgan fingerprint density at radius 2 is 2.12 bits per heavy atom. The molecule has 2 heterocycles. The second kappa shape index (κ2) is 5.03.